The standard InChI is InChI=1S/C46H63N9O7/c1-4-6-7-8-9-10-30-11-14-33(29(3)25-30)42(56)53-37(17-18-47)45(59)55-41-32-13-16-40(62-24-21-50)35(28-32)34-26-31(12-15-39(34)61-23-20-49)27-38(43(57)51-22-19-48)54-44(58)36(5-2)52-46(41)60/h11-16,25-26,28,36-38,41H,4-10,17-18,20-24,27,47,49-50H2,1-3H3,(H,51,57)(H,52,60)(H,53,56)(H,54,58)(H,55,59)/t36-,37-,38-,41-/m0/s1. The van der Waals surface area contributed by atoms with E-state index in [4.69, 9.17) is 31.9 Å². The van der Waals surface area contributed by atoms with E-state index in [2.05, 4.69) is 33.5 Å². The summed E-state index contributed by atoms with van der Waals surface area (Å²) in [7, 11) is 0. The maximum Gasteiger partial charge on any atom is 0.252 e. The van der Waals surface area contributed by atoms with Gasteiger partial charge in [0, 0.05) is 36.2 Å². The van der Waals surface area contributed by atoms with Crippen LogP contribution in [-0.2, 0) is 32.0 Å². The number of unbranched alkanes of at least 4 members (excludes halogenated alkanes) is 4. The van der Waals surface area contributed by atoms with E-state index in [1.807, 2.05) is 25.1 Å². The molecule has 334 valence electrons. The Hall–Kier alpha value is -6.02. The summed E-state index contributed by atoms with van der Waals surface area (Å²) in [4.78, 5) is 69.6. The topological polar surface area (TPSA) is 266 Å². The fourth-order valence-corrected chi connectivity index (χ4v) is 7.30. The van der Waals surface area contributed by atoms with Crippen LogP contribution in [0.25, 0.3) is 11.1 Å². The maximum absolute atomic E-state index is 14.4. The van der Waals surface area contributed by atoms with Crippen molar-refractivity contribution in [1.82, 2.24) is 26.6 Å². The first-order valence-electron chi connectivity index (χ1n) is 21.6. The Labute approximate surface area is 364 Å². The molecule has 0 spiro atoms. The van der Waals surface area contributed by atoms with E-state index in [9.17, 15) is 24.0 Å². The average molecular weight is 854 g/mol. The number of nitrogens with zero attached hydrogens (tertiary/aromatic N) is 1. The molecule has 0 saturated carbocycles. The summed E-state index contributed by atoms with van der Waals surface area (Å²) in [5.74, 6) is -2.34. The van der Waals surface area contributed by atoms with E-state index >= 15 is 0 Å². The molecule has 16 heteroatoms. The van der Waals surface area contributed by atoms with Crippen LogP contribution in [0.2, 0.25) is 0 Å². The molecule has 11 N–H and O–H groups in total. The van der Waals surface area contributed by atoms with Gasteiger partial charge in [-0.2, -0.15) is 5.26 Å². The lowest BCUT2D eigenvalue weighted by Gasteiger charge is -2.27. The van der Waals surface area contributed by atoms with Crippen molar-refractivity contribution in [2.45, 2.75) is 103 Å². The number of nitrogens with one attached hydrogen (secondary N) is 5. The van der Waals surface area contributed by atoms with E-state index < -0.39 is 53.7 Å². The molecule has 5 amide bonds. The maximum atomic E-state index is 14.4. The molecule has 4 atom stereocenters. The normalized spacial score (nSPS) is 16.7. The van der Waals surface area contributed by atoms with Crippen molar-refractivity contribution in [3.05, 3.63) is 82.4 Å². The first-order valence-corrected chi connectivity index (χ1v) is 21.6. The smallest absolute Gasteiger partial charge is 0.252 e. The number of fused-ring (bicyclic) bond motifs is 5. The molecule has 4 bridgehead atoms. The Morgan fingerprint density at radius 2 is 1.55 bits per heavy atom. The SMILES string of the molecule is CCCCCCCc1ccc(C(=O)N[C@@H](CCN)C(=O)N[C@@H]2C(=O)N[C@@H](CC)C(=O)N[C@H](C(=O)NCC#N)Cc3ccc(OCCN)c(c3)-c3cc2ccc3OCCN)c(C)c1. The van der Waals surface area contributed by atoms with E-state index in [0.717, 1.165) is 30.4 Å². The van der Waals surface area contributed by atoms with E-state index in [1.54, 1.807) is 49.4 Å². The number of rotatable bonds is 21. The van der Waals surface area contributed by atoms with Gasteiger partial charge in [0.1, 0.15) is 55.4 Å². The molecule has 0 radical (unpaired) electrons. The molecule has 62 heavy (non-hydrogen) atoms. The monoisotopic (exact) mass is 853 g/mol. The van der Waals surface area contributed by atoms with Gasteiger partial charge in [0.15, 0.2) is 0 Å². The summed E-state index contributed by atoms with van der Waals surface area (Å²) in [5.41, 5.74) is 21.8. The van der Waals surface area contributed by atoms with Gasteiger partial charge in [-0.15, -0.1) is 0 Å². The van der Waals surface area contributed by atoms with Crippen molar-refractivity contribution in [2.75, 3.05) is 39.4 Å². The van der Waals surface area contributed by atoms with Crippen LogP contribution in [0.5, 0.6) is 11.5 Å². The first-order chi connectivity index (χ1) is 30.0. The summed E-state index contributed by atoms with van der Waals surface area (Å²) in [6.07, 6.45) is 6.89. The van der Waals surface area contributed by atoms with Gasteiger partial charge in [-0.3, -0.25) is 24.0 Å². The van der Waals surface area contributed by atoms with E-state index in [0.29, 0.717) is 39.3 Å². The predicted octanol–water partition coefficient (Wildman–Crippen LogP) is 2.73. The zero-order chi connectivity index (χ0) is 45.0. The van der Waals surface area contributed by atoms with Gasteiger partial charge in [0.2, 0.25) is 23.6 Å². The fourth-order valence-electron chi connectivity index (χ4n) is 7.30. The van der Waals surface area contributed by atoms with Crippen LogP contribution in [0.15, 0.2) is 54.6 Å². The number of carbonyl (C=O) groups is 5. The molecule has 0 unspecified atom stereocenters. The molecule has 16 nitrogen and oxygen atoms in total. The van der Waals surface area contributed by atoms with Gasteiger partial charge in [-0.1, -0.05) is 63.8 Å². The second-order valence-corrected chi connectivity index (χ2v) is 15.3. The number of nitriles is 1. The lowest BCUT2D eigenvalue weighted by Crippen LogP contribution is -2.56. The summed E-state index contributed by atoms with van der Waals surface area (Å²) < 4.78 is 12.1. The predicted molar refractivity (Wildman–Crippen MR) is 237 cm³/mol. The van der Waals surface area contributed by atoms with Crippen LogP contribution < -0.4 is 53.3 Å². The third-order valence-corrected chi connectivity index (χ3v) is 10.6. The molecule has 1 aliphatic heterocycles. The molecule has 0 aliphatic carbocycles. The number of hydrogen-bond donors (Lipinski definition) is 8. The number of hydrogen-bond acceptors (Lipinski definition) is 11. The lowest BCUT2D eigenvalue weighted by atomic mass is 9.93. The van der Waals surface area contributed by atoms with Crippen molar-refractivity contribution in [1.29, 1.82) is 5.26 Å². The quantitative estimate of drug-likeness (QED) is 0.0571. The van der Waals surface area contributed by atoms with Crippen LogP contribution in [0.3, 0.4) is 0 Å². The molecule has 0 fully saturated rings. The van der Waals surface area contributed by atoms with Crippen molar-refractivity contribution in [3.8, 4) is 28.7 Å². The van der Waals surface area contributed by atoms with Crippen molar-refractivity contribution >= 4 is 29.5 Å². The zero-order valence-corrected chi connectivity index (χ0v) is 36.1. The third-order valence-electron chi connectivity index (χ3n) is 10.6. The molecule has 3 aromatic carbocycles. The van der Waals surface area contributed by atoms with Crippen molar-refractivity contribution in [3.63, 3.8) is 0 Å². The van der Waals surface area contributed by atoms with Gasteiger partial charge in [-0.25, -0.2) is 0 Å². The molecular formula is C46H63N9O7. The van der Waals surface area contributed by atoms with Crippen LogP contribution in [-0.4, -0.2) is 87.1 Å². The fraction of sp³-hybridized carbons (Fsp3) is 0.478. The van der Waals surface area contributed by atoms with Gasteiger partial charge >= 0.3 is 0 Å². The Kier molecular flexibility index (Phi) is 19.6. The first kappa shape index (κ1) is 48.6. The minimum absolute atomic E-state index is 0.0198. The second-order valence-electron chi connectivity index (χ2n) is 15.3. The van der Waals surface area contributed by atoms with Crippen molar-refractivity contribution in [2.24, 2.45) is 17.2 Å². The highest BCUT2D eigenvalue weighted by molar-refractivity contribution is 6.00. The summed E-state index contributed by atoms with van der Waals surface area (Å²) >= 11 is 0. The molecule has 0 saturated heterocycles. The number of ether oxygens (including phenoxy) is 2. The highest BCUT2D eigenvalue weighted by Gasteiger charge is 2.33. The van der Waals surface area contributed by atoms with Gasteiger partial charge in [0.25, 0.3) is 5.91 Å². The highest BCUT2D eigenvalue weighted by Crippen LogP contribution is 2.39. The van der Waals surface area contributed by atoms with Gasteiger partial charge in [-0.05, 0) is 91.7 Å². The second kappa shape index (κ2) is 25.0. The van der Waals surface area contributed by atoms with Gasteiger partial charge in [0.05, 0.1) is 6.07 Å². The Morgan fingerprint density at radius 1 is 0.855 bits per heavy atom. The molecule has 1 aliphatic rings. The number of carbonyl (C=O) groups excluding carboxylic acids is 5. The van der Waals surface area contributed by atoms with Crippen molar-refractivity contribution < 1.29 is 33.4 Å². The van der Waals surface area contributed by atoms with Crippen LogP contribution >= 0.6 is 0 Å². The van der Waals surface area contributed by atoms with E-state index in [1.165, 1.54) is 19.3 Å². The number of amides is 5. The van der Waals surface area contributed by atoms with Crippen LogP contribution in [0.4, 0.5) is 0 Å². The summed E-state index contributed by atoms with van der Waals surface area (Å²) in [6.45, 7) is 6.21. The van der Waals surface area contributed by atoms with Crippen LogP contribution in [0, 0.1) is 18.3 Å². The number of benzene rings is 3. The minimum atomic E-state index is -1.41. The minimum Gasteiger partial charge on any atom is -0.492 e. The third kappa shape index (κ3) is 13.7. The number of nitrogens with two attached hydrogens (primary N) is 3. The van der Waals surface area contributed by atoms with E-state index in [-0.39, 0.29) is 58.7 Å². The van der Waals surface area contributed by atoms with Gasteiger partial charge < -0.3 is 53.3 Å². The summed E-state index contributed by atoms with van der Waals surface area (Å²) in [6, 6.07) is 12.9. The molecule has 0 aromatic heterocycles. The Balaban J connectivity index is 1.77. The number of aryl methyl sites for hydroxylation is 2. The zero-order valence-electron chi connectivity index (χ0n) is 36.1. The molecule has 1 heterocycles. The molecule has 4 rings (SSSR count). The Bertz CT molecular complexity index is 2050. The Morgan fingerprint density at radius 3 is 2.19 bits per heavy atom. The van der Waals surface area contributed by atoms with Crippen LogP contribution in [0.1, 0.15) is 97.4 Å². The highest BCUT2D eigenvalue weighted by atomic mass is 16.5. The molecular weight excluding hydrogens is 791 g/mol. The average Bonchev–Trinajstić information content (AvgIpc) is 3.26. The summed E-state index contributed by atoms with van der Waals surface area (Å²) in [5, 5.41) is 22.8. The largest absolute Gasteiger partial charge is 0.492 e. The lowest BCUT2D eigenvalue weighted by molar-refractivity contribution is -0.134. The molecule has 3 aromatic rings.